The van der Waals surface area contributed by atoms with E-state index in [4.69, 9.17) is 14.6 Å². The maximum Gasteiger partial charge on any atom is 0.290 e. The second-order valence-electron chi connectivity index (χ2n) is 5.41. The number of aromatic nitrogens is 4. The number of carboxylic acid groups (broad SMARTS) is 1. The first-order valence-corrected chi connectivity index (χ1v) is 7.51. The summed E-state index contributed by atoms with van der Waals surface area (Å²) >= 11 is 0. The van der Waals surface area contributed by atoms with Crippen molar-refractivity contribution in [2.45, 2.75) is 19.0 Å². The second kappa shape index (κ2) is 8.44. The lowest BCUT2D eigenvalue weighted by Crippen LogP contribution is -2.17. The van der Waals surface area contributed by atoms with E-state index in [2.05, 4.69) is 37.2 Å². The van der Waals surface area contributed by atoms with Crippen LogP contribution in [0.5, 0.6) is 0 Å². The first-order valence-electron chi connectivity index (χ1n) is 7.51. The van der Waals surface area contributed by atoms with Gasteiger partial charge in [0.15, 0.2) is 11.6 Å². The normalized spacial score (nSPS) is 17.7. The van der Waals surface area contributed by atoms with Gasteiger partial charge in [-0.05, 0) is 20.0 Å². The minimum atomic E-state index is -0.250. The largest absolute Gasteiger partial charge is 0.483 e. The molecule has 0 amide bonds. The molecule has 0 aliphatic carbocycles. The van der Waals surface area contributed by atoms with E-state index in [-0.39, 0.29) is 6.47 Å². The molecule has 1 N–H and O–H groups in total. The van der Waals surface area contributed by atoms with Crippen LogP contribution in [0.4, 0.5) is 0 Å². The molecule has 0 saturated carbocycles. The molecular weight excluding hydrogens is 298 g/mol. The Labute approximate surface area is 135 Å². The molecule has 1 fully saturated rings. The van der Waals surface area contributed by atoms with Crippen LogP contribution < -0.4 is 0 Å². The highest BCUT2D eigenvalue weighted by Crippen LogP contribution is 2.26. The molecule has 1 aliphatic heterocycles. The topological polar surface area (TPSA) is 85.4 Å². The zero-order valence-electron chi connectivity index (χ0n) is 13.5. The van der Waals surface area contributed by atoms with Crippen molar-refractivity contribution < 1.29 is 14.6 Å². The van der Waals surface area contributed by atoms with E-state index in [1.165, 1.54) is 6.42 Å². The molecule has 0 radical (unpaired) electrons. The van der Waals surface area contributed by atoms with Gasteiger partial charge in [0.05, 0.1) is 6.61 Å². The Morgan fingerprint density at radius 2 is 2.04 bits per heavy atom. The zero-order valence-corrected chi connectivity index (χ0v) is 13.5. The quantitative estimate of drug-likeness (QED) is 0.826. The highest BCUT2D eigenvalue weighted by molar-refractivity contribution is 5.45. The fraction of sp³-hybridized carbons (Fsp3) is 0.533. The van der Waals surface area contributed by atoms with Crippen molar-refractivity contribution in [3.8, 4) is 11.6 Å². The number of carbonyl (C=O) groups is 1. The third kappa shape index (κ3) is 4.17. The Morgan fingerprint density at radius 1 is 1.35 bits per heavy atom. The summed E-state index contributed by atoms with van der Waals surface area (Å²) < 4.78 is 9.51. The molecule has 23 heavy (non-hydrogen) atoms. The summed E-state index contributed by atoms with van der Waals surface area (Å²) in [5.41, 5.74) is 0. The molecule has 3 rings (SSSR count). The maximum atomic E-state index is 8.36. The number of ether oxygens (including phenoxy) is 1. The third-order valence-electron chi connectivity index (χ3n) is 3.88. The van der Waals surface area contributed by atoms with Crippen LogP contribution in [0.15, 0.2) is 24.8 Å². The molecular formula is C15H23N5O3. The van der Waals surface area contributed by atoms with Gasteiger partial charge in [-0.25, -0.2) is 9.97 Å². The molecule has 126 valence electrons. The molecule has 1 aliphatic rings. The Hall–Kier alpha value is -2.19. The van der Waals surface area contributed by atoms with Gasteiger partial charge in [0.1, 0.15) is 0 Å². The van der Waals surface area contributed by atoms with Gasteiger partial charge in [-0.2, -0.15) is 0 Å². The molecule has 0 spiro atoms. The summed E-state index contributed by atoms with van der Waals surface area (Å²) in [6.45, 7) is 3.43. The minimum absolute atomic E-state index is 0.250. The average Bonchev–Trinajstić information content (AvgIpc) is 3.25. The number of likely N-dealkylation sites (N-methyl/N-ethyl adjacent to an activating group) is 1. The molecule has 1 saturated heterocycles. The van der Waals surface area contributed by atoms with E-state index >= 15 is 0 Å². The van der Waals surface area contributed by atoms with Crippen molar-refractivity contribution in [1.82, 2.24) is 24.0 Å². The van der Waals surface area contributed by atoms with Gasteiger partial charge in [0, 0.05) is 51.0 Å². The van der Waals surface area contributed by atoms with Crippen molar-refractivity contribution in [3.05, 3.63) is 24.8 Å². The number of likely N-dealkylation sites (tertiary alicyclic amines) is 1. The summed E-state index contributed by atoms with van der Waals surface area (Å²) in [5, 5.41) is 6.89. The van der Waals surface area contributed by atoms with Gasteiger partial charge in [-0.1, -0.05) is 0 Å². The Morgan fingerprint density at radius 3 is 2.70 bits per heavy atom. The number of methoxy groups -OCH3 is 1. The lowest BCUT2D eigenvalue weighted by Gasteiger charge is -2.16. The van der Waals surface area contributed by atoms with E-state index in [1.54, 1.807) is 7.11 Å². The summed E-state index contributed by atoms with van der Waals surface area (Å²) in [7, 11) is 3.88. The number of nitrogens with zero attached hydrogens (tertiary/aromatic N) is 5. The van der Waals surface area contributed by atoms with Crippen LogP contribution in [0.25, 0.3) is 11.6 Å². The smallest absolute Gasteiger partial charge is 0.290 e. The fourth-order valence-corrected chi connectivity index (χ4v) is 2.81. The van der Waals surface area contributed by atoms with Gasteiger partial charge in [0.25, 0.3) is 6.47 Å². The Kier molecular flexibility index (Phi) is 6.30. The van der Waals surface area contributed by atoms with Crippen LogP contribution in [-0.4, -0.2) is 69.4 Å². The van der Waals surface area contributed by atoms with E-state index in [0.717, 1.165) is 31.3 Å². The Balaban J connectivity index is 0.000000595. The van der Waals surface area contributed by atoms with Crippen molar-refractivity contribution in [3.63, 3.8) is 0 Å². The van der Waals surface area contributed by atoms with Gasteiger partial charge in [-0.3, -0.25) is 4.79 Å². The standard InChI is InChI=1S/C14H21N5O.CH2O2/c1-17-6-3-12(11-17)19-8-5-16-14(19)13-15-4-7-18(13)9-10-20-2;2-1-3/h4-5,7-8,12H,3,6,9-11H2,1-2H3;1H,(H,2,3). The van der Waals surface area contributed by atoms with Crippen molar-refractivity contribution in [2.75, 3.05) is 33.9 Å². The number of imidazole rings is 2. The van der Waals surface area contributed by atoms with Crippen LogP contribution in [0.3, 0.4) is 0 Å². The van der Waals surface area contributed by atoms with Crippen molar-refractivity contribution in [2.24, 2.45) is 0 Å². The molecule has 8 heteroatoms. The summed E-state index contributed by atoms with van der Waals surface area (Å²) in [6, 6.07) is 0.491. The highest BCUT2D eigenvalue weighted by Gasteiger charge is 2.24. The number of hydrogen-bond acceptors (Lipinski definition) is 5. The molecule has 2 aromatic heterocycles. The van der Waals surface area contributed by atoms with Crippen LogP contribution in [0.2, 0.25) is 0 Å². The van der Waals surface area contributed by atoms with Gasteiger partial charge >= 0.3 is 0 Å². The van der Waals surface area contributed by atoms with Crippen LogP contribution in [0, 0.1) is 0 Å². The number of hydrogen-bond donors (Lipinski definition) is 1. The van der Waals surface area contributed by atoms with E-state index < -0.39 is 0 Å². The molecule has 0 bridgehead atoms. The fourth-order valence-electron chi connectivity index (χ4n) is 2.81. The van der Waals surface area contributed by atoms with Crippen LogP contribution in [0.1, 0.15) is 12.5 Å². The van der Waals surface area contributed by atoms with Crippen LogP contribution >= 0.6 is 0 Å². The first kappa shape index (κ1) is 17.2. The SMILES string of the molecule is COCCn1ccnc1-c1nccn1C1CCN(C)C1.O=CO. The monoisotopic (exact) mass is 321 g/mol. The Bertz CT molecular complexity index is 610. The maximum absolute atomic E-state index is 8.36. The molecule has 8 nitrogen and oxygen atoms in total. The van der Waals surface area contributed by atoms with Gasteiger partial charge in [0.2, 0.25) is 0 Å². The minimum Gasteiger partial charge on any atom is -0.483 e. The summed E-state index contributed by atoms with van der Waals surface area (Å²) in [6.07, 6.45) is 8.90. The second-order valence-corrected chi connectivity index (χ2v) is 5.41. The zero-order chi connectivity index (χ0) is 16.7. The summed E-state index contributed by atoms with van der Waals surface area (Å²) in [4.78, 5) is 19.7. The van der Waals surface area contributed by atoms with Gasteiger partial charge < -0.3 is 23.9 Å². The lowest BCUT2D eigenvalue weighted by atomic mass is 10.2. The molecule has 0 aromatic carbocycles. The van der Waals surface area contributed by atoms with Crippen molar-refractivity contribution >= 4 is 6.47 Å². The molecule has 3 heterocycles. The number of rotatable bonds is 5. The van der Waals surface area contributed by atoms with E-state index in [9.17, 15) is 0 Å². The molecule has 1 atom stereocenters. The predicted octanol–water partition coefficient (Wildman–Crippen LogP) is 0.970. The molecule has 1 unspecified atom stereocenters. The van der Waals surface area contributed by atoms with E-state index in [0.29, 0.717) is 12.6 Å². The highest BCUT2D eigenvalue weighted by atomic mass is 16.5. The molecule has 2 aromatic rings. The summed E-state index contributed by atoms with van der Waals surface area (Å²) in [5.74, 6) is 1.87. The van der Waals surface area contributed by atoms with Gasteiger partial charge in [-0.15, -0.1) is 0 Å². The van der Waals surface area contributed by atoms with Crippen molar-refractivity contribution in [1.29, 1.82) is 0 Å². The van der Waals surface area contributed by atoms with Crippen LogP contribution in [-0.2, 0) is 16.1 Å². The lowest BCUT2D eigenvalue weighted by molar-refractivity contribution is -0.122. The third-order valence-corrected chi connectivity index (χ3v) is 3.88. The predicted molar refractivity (Wildman–Crippen MR) is 85.2 cm³/mol. The van der Waals surface area contributed by atoms with E-state index in [1.807, 2.05) is 18.6 Å². The average molecular weight is 321 g/mol. The first-order chi connectivity index (χ1) is 11.2.